The molecule has 41 heavy (non-hydrogen) atoms. The predicted octanol–water partition coefficient (Wildman–Crippen LogP) is 4.02. The monoisotopic (exact) mass is 621 g/mol. The van der Waals surface area contributed by atoms with Gasteiger partial charge in [-0.2, -0.15) is 26.3 Å². The Morgan fingerprint density at radius 2 is 1.59 bits per heavy atom. The minimum Gasteiger partial charge on any atom is -0.370 e. The number of amides is 3. The first-order valence-corrected chi connectivity index (χ1v) is 13.8. The summed E-state index contributed by atoms with van der Waals surface area (Å²) in [7, 11) is -4.58. The summed E-state index contributed by atoms with van der Waals surface area (Å²) in [6, 6.07) is -0.785. The van der Waals surface area contributed by atoms with E-state index < -0.39 is 87.2 Å². The van der Waals surface area contributed by atoms with E-state index in [9.17, 15) is 53.8 Å². The van der Waals surface area contributed by atoms with Crippen LogP contribution in [0.15, 0.2) is 45.9 Å². The molecule has 0 aromatic carbocycles. The van der Waals surface area contributed by atoms with Crippen molar-refractivity contribution in [3.05, 3.63) is 45.9 Å². The molecule has 0 bridgehead atoms. The van der Waals surface area contributed by atoms with Crippen molar-refractivity contribution in [3.8, 4) is 0 Å². The van der Waals surface area contributed by atoms with Crippen LogP contribution in [0.4, 0.5) is 39.9 Å². The molecule has 8 nitrogen and oxygen atoms in total. The number of carbonyl (C=O) groups excluding carboxylic acids is 2. The molecule has 17 heteroatoms. The van der Waals surface area contributed by atoms with E-state index in [0.717, 1.165) is 17.1 Å². The number of nitrogens with zero attached hydrogens (tertiary/aromatic N) is 1. The summed E-state index contributed by atoms with van der Waals surface area (Å²) in [6.07, 6.45) is -13.7. The van der Waals surface area contributed by atoms with Crippen molar-refractivity contribution in [3.63, 3.8) is 0 Å². The third-order valence-electron chi connectivity index (χ3n) is 7.29. The maximum atomic E-state index is 15.1. The molecule has 3 aliphatic rings. The van der Waals surface area contributed by atoms with Crippen molar-refractivity contribution in [2.75, 3.05) is 26.2 Å². The summed E-state index contributed by atoms with van der Waals surface area (Å²) >= 11 is 0. The summed E-state index contributed by atoms with van der Waals surface area (Å²) < 4.78 is 135. The van der Waals surface area contributed by atoms with Crippen LogP contribution in [0, 0.1) is 0 Å². The van der Waals surface area contributed by atoms with Crippen LogP contribution in [-0.4, -0.2) is 79.2 Å². The van der Waals surface area contributed by atoms with E-state index >= 15 is 4.39 Å². The van der Waals surface area contributed by atoms with Gasteiger partial charge in [-0.1, -0.05) is 0 Å². The molecule has 0 aromatic heterocycles. The Balaban J connectivity index is 2.07. The van der Waals surface area contributed by atoms with E-state index in [2.05, 4.69) is 10.6 Å². The van der Waals surface area contributed by atoms with E-state index in [4.69, 9.17) is 0 Å². The first kappa shape index (κ1) is 32.6. The Morgan fingerprint density at radius 3 is 2.10 bits per heavy atom. The zero-order valence-electron chi connectivity index (χ0n) is 21.6. The van der Waals surface area contributed by atoms with Gasteiger partial charge in [0.05, 0.1) is 0 Å². The van der Waals surface area contributed by atoms with Gasteiger partial charge >= 0.3 is 18.4 Å². The van der Waals surface area contributed by atoms with E-state index in [1.807, 2.05) is 0 Å². The number of hydrogen-bond donors (Lipinski definition) is 3. The van der Waals surface area contributed by atoms with Crippen LogP contribution in [-0.2, 0) is 14.6 Å². The topological polar surface area (TPSA) is 116 Å². The lowest BCUT2D eigenvalue weighted by Gasteiger charge is -2.38. The highest BCUT2D eigenvalue weighted by Gasteiger charge is 2.73. The summed E-state index contributed by atoms with van der Waals surface area (Å²) in [5.41, 5.74) is -7.92. The molecule has 0 aromatic rings. The van der Waals surface area contributed by atoms with Gasteiger partial charge in [0.25, 0.3) is 5.60 Å². The minimum atomic E-state index is -6.34. The van der Waals surface area contributed by atoms with Gasteiger partial charge in [0.1, 0.15) is 16.4 Å². The normalized spacial score (nSPS) is 22.7. The summed E-state index contributed by atoms with van der Waals surface area (Å²) in [6.45, 7) is 0.341. The number of aliphatic hydroxyl groups is 1. The maximum Gasteiger partial charge on any atom is 0.430 e. The Bertz CT molecular complexity index is 1300. The summed E-state index contributed by atoms with van der Waals surface area (Å²) in [4.78, 5) is 24.4. The van der Waals surface area contributed by atoms with Crippen molar-refractivity contribution < 1.29 is 58.2 Å². The second kappa shape index (κ2) is 11.4. The highest BCUT2D eigenvalue weighted by Crippen LogP contribution is 2.53. The van der Waals surface area contributed by atoms with Crippen LogP contribution in [0.2, 0.25) is 0 Å². The lowest BCUT2D eigenvalue weighted by Crippen LogP contribution is -2.58. The van der Waals surface area contributed by atoms with E-state index in [-0.39, 0.29) is 49.4 Å². The average Bonchev–Trinajstić information content (AvgIpc) is 3.32. The molecule has 0 spiro atoms. The van der Waals surface area contributed by atoms with Crippen LogP contribution in [0.3, 0.4) is 0 Å². The largest absolute Gasteiger partial charge is 0.430 e. The van der Waals surface area contributed by atoms with Gasteiger partial charge in [0.2, 0.25) is 5.91 Å². The van der Waals surface area contributed by atoms with Crippen LogP contribution in [0.5, 0.6) is 0 Å². The maximum absolute atomic E-state index is 15.1. The fourth-order valence-corrected chi connectivity index (χ4v) is 7.42. The first-order chi connectivity index (χ1) is 18.8. The van der Waals surface area contributed by atoms with Crippen LogP contribution >= 0.6 is 0 Å². The number of likely N-dealkylation sites (tertiary alicyclic amines) is 1. The smallest absolute Gasteiger partial charge is 0.370 e. The van der Waals surface area contributed by atoms with Crippen molar-refractivity contribution >= 4 is 21.8 Å². The van der Waals surface area contributed by atoms with Gasteiger partial charge in [-0.05, 0) is 49.5 Å². The van der Waals surface area contributed by atoms with Gasteiger partial charge in [0.15, 0.2) is 9.84 Å². The number of rotatable bonds is 7. The Labute approximate surface area is 229 Å². The number of halogens is 8. The molecule has 1 heterocycles. The van der Waals surface area contributed by atoms with Crippen LogP contribution < -0.4 is 10.6 Å². The van der Waals surface area contributed by atoms with Gasteiger partial charge in [0, 0.05) is 50.0 Å². The highest BCUT2D eigenvalue weighted by molar-refractivity contribution is 7.96. The molecule has 2 aliphatic carbocycles. The first-order valence-electron chi connectivity index (χ1n) is 12.3. The number of urea groups is 1. The van der Waals surface area contributed by atoms with Crippen molar-refractivity contribution in [2.45, 2.75) is 61.7 Å². The molecule has 0 radical (unpaired) electrons. The predicted molar refractivity (Wildman–Crippen MR) is 129 cm³/mol. The third-order valence-corrected chi connectivity index (χ3v) is 9.94. The lowest BCUT2D eigenvalue weighted by molar-refractivity contribution is -0.353. The number of carbonyl (C=O) groups is 2. The van der Waals surface area contributed by atoms with Crippen LogP contribution in [0.1, 0.15) is 39.0 Å². The second-order valence-electron chi connectivity index (χ2n) is 9.83. The average molecular weight is 622 g/mol. The molecule has 3 amide bonds. The SMILES string of the molecule is CC(=O)NCCNC(=O)N1CCC(C2=CC(F)=C(C(O)(C(F)(F)F)C(F)(F)F)CC2)(S(=O)(=O)C2=CC=C(F)CC2)C1. The molecule has 0 saturated carbocycles. The van der Waals surface area contributed by atoms with E-state index in [0.29, 0.717) is 0 Å². The minimum absolute atomic E-state index is 0.0361. The molecule has 1 aliphatic heterocycles. The fourth-order valence-electron chi connectivity index (χ4n) is 5.10. The Morgan fingerprint density at radius 1 is 0.976 bits per heavy atom. The lowest BCUT2D eigenvalue weighted by atomic mass is 9.80. The van der Waals surface area contributed by atoms with Crippen molar-refractivity contribution in [1.82, 2.24) is 15.5 Å². The zero-order valence-corrected chi connectivity index (χ0v) is 22.4. The number of hydrogen-bond acceptors (Lipinski definition) is 5. The molecule has 1 unspecified atom stereocenters. The van der Waals surface area contributed by atoms with Crippen molar-refractivity contribution in [1.29, 1.82) is 0 Å². The standard InChI is InChI=1S/C24H27F8N3O5S/c1-14(36)33-9-10-34-20(37)35-11-8-21(13-35,41(39,40)17-5-3-16(25)4-6-17)15-2-7-18(19(26)12-15)22(38,23(27,28)29)24(30,31)32/h3,5,12,38H,2,4,6-11,13H2,1H3,(H,33,36)(H,34,37). The van der Waals surface area contributed by atoms with E-state index in [1.165, 1.54) is 6.92 Å². The zero-order chi connectivity index (χ0) is 31.0. The third kappa shape index (κ3) is 6.01. The molecular weight excluding hydrogens is 594 g/mol. The number of alkyl halides is 6. The van der Waals surface area contributed by atoms with Crippen molar-refractivity contribution in [2.24, 2.45) is 0 Å². The second-order valence-corrected chi connectivity index (χ2v) is 12.1. The van der Waals surface area contributed by atoms with Gasteiger partial charge in [-0.15, -0.1) is 0 Å². The summed E-state index contributed by atoms with van der Waals surface area (Å²) in [5, 5.41) is 14.6. The molecule has 1 atom stereocenters. The fraction of sp³-hybridized carbons (Fsp3) is 0.583. The molecule has 1 fully saturated rings. The molecule has 3 N–H and O–H groups in total. The molecule has 230 valence electrons. The van der Waals surface area contributed by atoms with Crippen LogP contribution in [0.25, 0.3) is 0 Å². The van der Waals surface area contributed by atoms with Gasteiger partial charge in [-0.3, -0.25) is 4.79 Å². The Hall–Kier alpha value is -2.95. The van der Waals surface area contributed by atoms with Gasteiger partial charge in [-0.25, -0.2) is 22.0 Å². The molecular formula is C24H27F8N3O5S. The molecule has 1 saturated heterocycles. The van der Waals surface area contributed by atoms with Gasteiger partial charge < -0.3 is 20.6 Å². The summed E-state index contributed by atoms with van der Waals surface area (Å²) in [5.74, 6) is -3.10. The molecule has 3 rings (SSSR count). The number of allylic oxidation sites excluding steroid dienone is 6. The number of sulfone groups is 1. The van der Waals surface area contributed by atoms with E-state index in [1.54, 1.807) is 0 Å². The number of nitrogens with one attached hydrogen (secondary N) is 2. The Kier molecular flexibility index (Phi) is 9.04. The highest BCUT2D eigenvalue weighted by atomic mass is 32.2. The quantitative estimate of drug-likeness (QED) is 0.294.